The highest BCUT2D eigenvalue weighted by Crippen LogP contribution is 2.30. The fourth-order valence-electron chi connectivity index (χ4n) is 4.56. The summed E-state index contributed by atoms with van der Waals surface area (Å²) < 4.78 is 34.3. The van der Waals surface area contributed by atoms with Gasteiger partial charge in [-0.2, -0.15) is 4.31 Å². The zero-order valence-corrected chi connectivity index (χ0v) is 22.3. The first kappa shape index (κ1) is 25.9. The number of amides is 1. The van der Waals surface area contributed by atoms with E-state index in [1.165, 1.54) is 4.31 Å². The number of sulfonamides is 1. The van der Waals surface area contributed by atoms with Gasteiger partial charge in [0.25, 0.3) is 0 Å². The smallest absolute Gasteiger partial charge is 0.248 e. The van der Waals surface area contributed by atoms with Crippen molar-refractivity contribution in [3.05, 3.63) is 76.2 Å². The first-order valence-corrected chi connectivity index (χ1v) is 13.6. The van der Waals surface area contributed by atoms with Crippen LogP contribution in [0.5, 0.6) is 0 Å². The van der Waals surface area contributed by atoms with Crippen molar-refractivity contribution < 1.29 is 17.7 Å². The highest BCUT2D eigenvalue weighted by Gasteiger charge is 2.37. The maximum absolute atomic E-state index is 13.7. The van der Waals surface area contributed by atoms with Crippen LogP contribution in [0.3, 0.4) is 0 Å². The summed E-state index contributed by atoms with van der Waals surface area (Å²) in [7, 11) is -2.17. The number of carbonyl (C=O) groups is 1. The summed E-state index contributed by atoms with van der Waals surface area (Å²) in [5.41, 5.74) is 5.38. The summed E-state index contributed by atoms with van der Waals surface area (Å²) in [6.45, 7) is 8.11. The highest BCUT2D eigenvalue weighted by atomic mass is 32.2. The third-order valence-electron chi connectivity index (χ3n) is 6.77. The van der Waals surface area contributed by atoms with Crippen molar-refractivity contribution in [2.75, 3.05) is 25.0 Å². The fourth-order valence-corrected chi connectivity index (χ4v) is 6.34. The Morgan fingerprint density at radius 2 is 1.75 bits per heavy atom. The van der Waals surface area contributed by atoms with Crippen molar-refractivity contribution in [1.82, 2.24) is 9.46 Å². The highest BCUT2D eigenvalue weighted by molar-refractivity contribution is 7.89. The molecule has 0 radical (unpaired) electrons. The minimum atomic E-state index is -3.91. The van der Waals surface area contributed by atoms with Gasteiger partial charge < -0.3 is 9.42 Å². The molecule has 1 fully saturated rings. The first-order valence-electron chi connectivity index (χ1n) is 12.1. The van der Waals surface area contributed by atoms with Gasteiger partial charge >= 0.3 is 0 Å². The minimum Gasteiger partial charge on any atom is -0.355 e. The van der Waals surface area contributed by atoms with Crippen LogP contribution in [0.15, 0.2) is 51.9 Å². The second-order valence-electron chi connectivity index (χ2n) is 9.59. The average Bonchev–Trinajstić information content (AvgIpc) is 3.25. The van der Waals surface area contributed by atoms with Gasteiger partial charge in [0.1, 0.15) is 5.69 Å². The molecule has 1 aromatic heterocycles. The molecule has 0 aliphatic carbocycles. The standard InChI is InChI=1S/C28H33N3O4S/c1-19-9-13-25(14-10-19)30(5)28(32)24-7-6-16-31(18-24)36(33,34)27-22(4)29-35-26(27)15-12-23-17-20(2)8-11-21(23)3/h8-15,17,24H,6-7,16,18H2,1-5H3/b15-12+. The third-order valence-corrected chi connectivity index (χ3v) is 8.79. The molecule has 1 unspecified atom stereocenters. The first-order chi connectivity index (χ1) is 17.1. The summed E-state index contributed by atoms with van der Waals surface area (Å²) in [5.74, 6) is -0.316. The van der Waals surface area contributed by atoms with Gasteiger partial charge in [-0.3, -0.25) is 4.79 Å². The van der Waals surface area contributed by atoms with Gasteiger partial charge in [0.2, 0.25) is 15.9 Å². The lowest BCUT2D eigenvalue weighted by atomic mass is 9.98. The molecule has 0 spiro atoms. The molecule has 4 rings (SSSR count). The monoisotopic (exact) mass is 507 g/mol. The number of benzene rings is 2. The molecule has 1 amide bonds. The second kappa shape index (κ2) is 10.4. The molecule has 1 atom stereocenters. The molecule has 7 nitrogen and oxygen atoms in total. The number of nitrogens with zero attached hydrogens (tertiary/aromatic N) is 3. The molecule has 1 aliphatic rings. The molecule has 1 saturated heterocycles. The summed E-state index contributed by atoms with van der Waals surface area (Å²) in [5, 5.41) is 3.95. The summed E-state index contributed by atoms with van der Waals surface area (Å²) in [6, 6.07) is 13.8. The van der Waals surface area contributed by atoms with Crippen LogP contribution in [0, 0.1) is 33.6 Å². The zero-order chi connectivity index (χ0) is 26.0. The Morgan fingerprint density at radius 1 is 1.06 bits per heavy atom. The fraction of sp³-hybridized carbons (Fsp3) is 0.357. The Hall–Kier alpha value is -3.23. The number of hydrogen-bond acceptors (Lipinski definition) is 5. The molecule has 2 heterocycles. The van der Waals surface area contributed by atoms with Crippen LogP contribution in [-0.4, -0.2) is 43.9 Å². The molecule has 8 heteroatoms. The zero-order valence-electron chi connectivity index (χ0n) is 21.5. The number of piperidine rings is 1. The van der Waals surface area contributed by atoms with E-state index in [-0.39, 0.29) is 23.1 Å². The molecule has 0 saturated carbocycles. The lowest BCUT2D eigenvalue weighted by Crippen LogP contribution is -2.46. The maximum atomic E-state index is 13.7. The Kier molecular flexibility index (Phi) is 7.47. The van der Waals surface area contributed by atoms with Crippen LogP contribution in [-0.2, 0) is 14.8 Å². The van der Waals surface area contributed by atoms with Crippen molar-refractivity contribution in [2.24, 2.45) is 5.92 Å². The van der Waals surface area contributed by atoms with E-state index in [0.717, 1.165) is 27.9 Å². The second-order valence-corrected chi connectivity index (χ2v) is 11.5. The topological polar surface area (TPSA) is 83.7 Å². The van der Waals surface area contributed by atoms with Crippen LogP contribution < -0.4 is 4.90 Å². The van der Waals surface area contributed by atoms with E-state index in [2.05, 4.69) is 5.16 Å². The SMILES string of the molecule is Cc1ccc(N(C)C(=O)C2CCCN(S(=O)(=O)c3c(C)noc3/C=C/c3cc(C)ccc3C)C2)cc1. The van der Waals surface area contributed by atoms with Crippen LogP contribution in [0.25, 0.3) is 12.2 Å². The largest absolute Gasteiger partial charge is 0.355 e. The summed E-state index contributed by atoms with van der Waals surface area (Å²) in [4.78, 5) is 14.9. The molecule has 0 N–H and O–H groups in total. The molecule has 190 valence electrons. The lowest BCUT2D eigenvalue weighted by molar-refractivity contribution is -0.123. The van der Waals surface area contributed by atoms with Gasteiger partial charge in [0.15, 0.2) is 10.7 Å². The number of anilines is 1. The van der Waals surface area contributed by atoms with E-state index in [1.807, 2.05) is 69.3 Å². The number of aromatic nitrogens is 1. The normalized spacial score (nSPS) is 17.0. The number of carbonyl (C=O) groups excluding carboxylic acids is 1. The van der Waals surface area contributed by atoms with Crippen molar-refractivity contribution >= 4 is 33.8 Å². The van der Waals surface area contributed by atoms with E-state index in [4.69, 9.17) is 4.52 Å². The van der Waals surface area contributed by atoms with Crippen LogP contribution >= 0.6 is 0 Å². The number of rotatable bonds is 6. The molecule has 1 aliphatic heterocycles. The number of hydrogen-bond donors (Lipinski definition) is 0. The third kappa shape index (κ3) is 5.29. The molecular weight excluding hydrogens is 474 g/mol. The quantitative estimate of drug-likeness (QED) is 0.461. The van der Waals surface area contributed by atoms with Gasteiger partial charge in [0, 0.05) is 25.8 Å². The predicted octanol–water partition coefficient (Wildman–Crippen LogP) is 5.14. The van der Waals surface area contributed by atoms with Gasteiger partial charge in [-0.25, -0.2) is 8.42 Å². The minimum absolute atomic E-state index is 0.0593. The van der Waals surface area contributed by atoms with E-state index in [9.17, 15) is 13.2 Å². The van der Waals surface area contributed by atoms with Gasteiger partial charge in [-0.1, -0.05) is 52.7 Å². The number of aryl methyl sites for hydroxylation is 4. The lowest BCUT2D eigenvalue weighted by Gasteiger charge is -2.33. The average molecular weight is 508 g/mol. The van der Waals surface area contributed by atoms with Gasteiger partial charge in [0.05, 0.1) is 5.92 Å². The Balaban J connectivity index is 1.57. The maximum Gasteiger partial charge on any atom is 0.248 e. The van der Waals surface area contributed by atoms with E-state index in [1.54, 1.807) is 24.9 Å². The predicted molar refractivity (Wildman–Crippen MR) is 142 cm³/mol. The molecule has 0 bridgehead atoms. The molecule has 2 aromatic carbocycles. The van der Waals surface area contributed by atoms with Crippen molar-refractivity contribution in [1.29, 1.82) is 0 Å². The van der Waals surface area contributed by atoms with E-state index >= 15 is 0 Å². The van der Waals surface area contributed by atoms with E-state index in [0.29, 0.717) is 25.1 Å². The van der Waals surface area contributed by atoms with Crippen LogP contribution in [0.1, 0.15) is 46.5 Å². The van der Waals surface area contributed by atoms with Crippen molar-refractivity contribution in [3.8, 4) is 0 Å². The summed E-state index contributed by atoms with van der Waals surface area (Å²) in [6.07, 6.45) is 4.76. The molecular formula is C28H33N3O4S. The van der Waals surface area contributed by atoms with Gasteiger partial charge in [-0.05, 0) is 69.9 Å². The Labute approximate surface area is 213 Å². The van der Waals surface area contributed by atoms with Gasteiger partial charge in [-0.15, -0.1) is 0 Å². The molecule has 3 aromatic rings. The van der Waals surface area contributed by atoms with Crippen molar-refractivity contribution in [2.45, 2.75) is 45.4 Å². The van der Waals surface area contributed by atoms with E-state index < -0.39 is 15.9 Å². The van der Waals surface area contributed by atoms with Crippen LogP contribution in [0.2, 0.25) is 0 Å². The Morgan fingerprint density at radius 3 is 2.47 bits per heavy atom. The summed E-state index contributed by atoms with van der Waals surface area (Å²) >= 11 is 0. The Bertz CT molecular complexity index is 1390. The van der Waals surface area contributed by atoms with Crippen molar-refractivity contribution in [3.63, 3.8) is 0 Å². The molecule has 36 heavy (non-hydrogen) atoms. The van der Waals surface area contributed by atoms with Crippen LogP contribution in [0.4, 0.5) is 5.69 Å².